The molecule has 1 aromatic heterocycles. The number of benzene rings is 2. The molecule has 2 heterocycles. The van der Waals surface area contributed by atoms with Crippen molar-refractivity contribution in [2.75, 3.05) is 18.4 Å². The summed E-state index contributed by atoms with van der Waals surface area (Å²) in [6, 6.07) is 17.0. The van der Waals surface area contributed by atoms with E-state index in [4.69, 9.17) is 11.6 Å². The van der Waals surface area contributed by atoms with Crippen LogP contribution >= 0.6 is 22.9 Å². The largest absolute Gasteiger partial charge is 0.506 e. The van der Waals surface area contributed by atoms with Gasteiger partial charge >= 0.3 is 0 Å². The first-order valence-corrected chi connectivity index (χ1v) is 13.1. The molecule has 1 aliphatic heterocycles. The Morgan fingerprint density at radius 2 is 1.76 bits per heavy atom. The number of sulfonamides is 1. The van der Waals surface area contributed by atoms with Gasteiger partial charge in [-0.2, -0.15) is 4.31 Å². The number of aromatic hydroxyl groups is 1. The molecule has 0 bridgehead atoms. The van der Waals surface area contributed by atoms with Gasteiger partial charge in [0.05, 0.1) is 12.2 Å². The van der Waals surface area contributed by atoms with E-state index in [1.807, 2.05) is 6.07 Å². The fraction of sp³-hybridized carbons (Fsp3) is 0.261. The van der Waals surface area contributed by atoms with Gasteiger partial charge < -0.3 is 15.7 Å². The Kier molecular flexibility index (Phi) is 7.23. The van der Waals surface area contributed by atoms with Crippen LogP contribution in [0.25, 0.3) is 0 Å². The molecule has 0 aliphatic carbocycles. The normalized spacial score (nSPS) is 15.3. The third-order valence-electron chi connectivity index (χ3n) is 5.48. The number of hydrogen-bond donors (Lipinski definition) is 3. The van der Waals surface area contributed by atoms with Crippen molar-refractivity contribution in [1.82, 2.24) is 9.62 Å². The second-order valence-corrected chi connectivity index (χ2v) is 11.5. The minimum Gasteiger partial charge on any atom is -0.506 e. The lowest BCUT2D eigenvalue weighted by atomic mass is 10.1. The molecule has 2 aromatic carbocycles. The summed E-state index contributed by atoms with van der Waals surface area (Å²) in [7, 11) is -3.59. The second kappa shape index (κ2) is 10.1. The fourth-order valence-corrected chi connectivity index (χ4v) is 6.69. The highest BCUT2D eigenvalue weighted by atomic mass is 35.5. The lowest BCUT2D eigenvalue weighted by Crippen LogP contribution is -2.42. The quantitative estimate of drug-likeness (QED) is 0.416. The van der Waals surface area contributed by atoms with Crippen LogP contribution < -0.4 is 10.6 Å². The van der Waals surface area contributed by atoms with Crippen LogP contribution in [0.5, 0.6) is 5.75 Å². The van der Waals surface area contributed by atoms with Gasteiger partial charge in [-0.25, -0.2) is 8.42 Å². The van der Waals surface area contributed by atoms with Crippen LogP contribution in [0.4, 0.5) is 5.69 Å². The predicted molar refractivity (Wildman–Crippen MR) is 130 cm³/mol. The Labute approximate surface area is 202 Å². The van der Waals surface area contributed by atoms with Crippen molar-refractivity contribution in [3.63, 3.8) is 0 Å². The summed E-state index contributed by atoms with van der Waals surface area (Å²) in [6.07, 6.45) is 1.28. The summed E-state index contributed by atoms with van der Waals surface area (Å²) in [5, 5.41) is 16.6. The van der Waals surface area contributed by atoms with Gasteiger partial charge in [0.1, 0.15) is 9.96 Å². The smallest absolute Gasteiger partial charge is 0.252 e. The molecule has 4 rings (SSSR count). The molecule has 1 saturated heterocycles. The molecule has 3 aromatic rings. The Balaban J connectivity index is 1.32. The minimum atomic E-state index is -3.59. The van der Waals surface area contributed by atoms with Gasteiger partial charge in [-0.1, -0.05) is 23.7 Å². The number of phenolic OH excluding ortho intramolecular Hbond substituents is 1. The highest BCUT2D eigenvalue weighted by Crippen LogP contribution is 2.29. The van der Waals surface area contributed by atoms with Gasteiger partial charge in [-0.05, 0) is 61.4 Å². The molecule has 0 radical (unpaired) electrons. The van der Waals surface area contributed by atoms with E-state index in [9.17, 15) is 18.3 Å². The molecular formula is C23H24ClN3O4S2. The first-order valence-electron chi connectivity index (χ1n) is 10.5. The van der Waals surface area contributed by atoms with Crippen molar-refractivity contribution in [1.29, 1.82) is 0 Å². The van der Waals surface area contributed by atoms with Gasteiger partial charge in [0, 0.05) is 34.6 Å². The fourth-order valence-electron chi connectivity index (χ4n) is 3.65. The summed E-state index contributed by atoms with van der Waals surface area (Å²) in [4.78, 5) is 13.0. The number of halogens is 1. The zero-order valence-electron chi connectivity index (χ0n) is 17.7. The Morgan fingerprint density at radius 3 is 2.45 bits per heavy atom. The zero-order valence-corrected chi connectivity index (χ0v) is 20.1. The first-order chi connectivity index (χ1) is 15.8. The van der Waals surface area contributed by atoms with Crippen molar-refractivity contribution >= 4 is 44.6 Å². The number of carbonyl (C=O) groups excluding carboxylic acids is 1. The van der Waals surface area contributed by atoms with Crippen molar-refractivity contribution in [3.8, 4) is 5.75 Å². The molecule has 3 N–H and O–H groups in total. The van der Waals surface area contributed by atoms with Crippen LogP contribution in [-0.2, 0) is 16.6 Å². The van der Waals surface area contributed by atoms with Crippen molar-refractivity contribution < 1.29 is 18.3 Å². The van der Waals surface area contributed by atoms with Crippen molar-refractivity contribution in [2.45, 2.75) is 29.6 Å². The third-order valence-corrected chi connectivity index (χ3v) is 9.18. The summed E-state index contributed by atoms with van der Waals surface area (Å²) < 4.78 is 27.9. The number of hydrogen-bond acceptors (Lipinski definition) is 6. The van der Waals surface area contributed by atoms with Gasteiger partial charge in [-0.15, -0.1) is 11.3 Å². The van der Waals surface area contributed by atoms with Crippen LogP contribution in [0.15, 0.2) is 64.9 Å². The van der Waals surface area contributed by atoms with E-state index >= 15 is 0 Å². The molecule has 1 amide bonds. The van der Waals surface area contributed by atoms with Gasteiger partial charge in [0.25, 0.3) is 15.9 Å². The van der Waals surface area contributed by atoms with Crippen LogP contribution in [0.2, 0.25) is 5.02 Å². The van der Waals surface area contributed by atoms with E-state index in [0.717, 1.165) is 16.2 Å². The molecule has 0 saturated carbocycles. The Morgan fingerprint density at radius 1 is 1.06 bits per heavy atom. The third kappa shape index (κ3) is 5.67. The molecule has 10 heteroatoms. The standard InChI is InChI=1S/C23H24ClN3O4S2/c24-17-7-5-16(6-8-17)23(29)25-15-19-9-10-22(32-19)33(30,31)27-13-11-18(12-14-27)26-20-3-1-2-4-21(20)28/h1-10,18,26,28H,11-15H2,(H,25,29). The number of rotatable bonds is 7. The number of para-hydroxylation sites is 2. The molecule has 0 unspecified atom stereocenters. The molecule has 33 heavy (non-hydrogen) atoms. The topological polar surface area (TPSA) is 98.7 Å². The molecule has 174 valence electrons. The maximum atomic E-state index is 13.1. The SMILES string of the molecule is O=C(NCc1ccc(S(=O)(=O)N2CCC(Nc3ccccc3O)CC2)s1)c1ccc(Cl)cc1. The monoisotopic (exact) mass is 505 g/mol. The van der Waals surface area contributed by atoms with E-state index in [2.05, 4.69) is 10.6 Å². The molecule has 0 spiro atoms. The van der Waals surface area contributed by atoms with Crippen molar-refractivity contribution in [3.05, 3.63) is 76.1 Å². The van der Waals surface area contributed by atoms with Gasteiger partial charge in [0.2, 0.25) is 0 Å². The van der Waals surface area contributed by atoms with E-state index in [-0.39, 0.29) is 28.5 Å². The average molecular weight is 506 g/mol. The molecule has 7 nitrogen and oxygen atoms in total. The highest BCUT2D eigenvalue weighted by Gasteiger charge is 2.30. The number of thiophene rings is 1. The first kappa shape index (κ1) is 23.6. The van der Waals surface area contributed by atoms with Gasteiger partial charge in [-0.3, -0.25) is 4.79 Å². The highest BCUT2D eigenvalue weighted by molar-refractivity contribution is 7.91. The lowest BCUT2D eigenvalue weighted by Gasteiger charge is -2.31. The number of anilines is 1. The predicted octanol–water partition coefficient (Wildman–Crippen LogP) is 4.30. The maximum absolute atomic E-state index is 13.1. The molecule has 1 aliphatic rings. The number of piperidine rings is 1. The zero-order chi connectivity index (χ0) is 23.4. The summed E-state index contributed by atoms with van der Waals surface area (Å²) in [5.74, 6) is -0.0645. The van der Waals surface area contributed by atoms with Crippen LogP contribution in [-0.4, -0.2) is 42.9 Å². The summed E-state index contributed by atoms with van der Waals surface area (Å²) in [5.41, 5.74) is 1.14. The van der Waals surface area contributed by atoms with Crippen LogP contribution in [0, 0.1) is 0 Å². The summed E-state index contributed by atoms with van der Waals surface area (Å²) >= 11 is 7.01. The second-order valence-electron chi connectivity index (χ2n) is 7.75. The van der Waals surface area contributed by atoms with Crippen LogP contribution in [0.3, 0.4) is 0 Å². The maximum Gasteiger partial charge on any atom is 0.252 e. The van der Waals surface area contributed by atoms with E-state index in [1.54, 1.807) is 54.6 Å². The van der Waals surface area contributed by atoms with E-state index in [1.165, 1.54) is 4.31 Å². The van der Waals surface area contributed by atoms with E-state index < -0.39 is 10.0 Å². The molecule has 1 fully saturated rings. The number of nitrogens with one attached hydrogen (secondary N) is 2. The number of carbonyl (C=O) groups is 1. The van der Waals surface area contributed by atoms with Crippen molar-refractivity contribution in [2.24, 2.45) is 0 Å². The lowest BCUT2D eigenvalue weighted by molar-refractivity contribution is 0.0951. The minimum absolute atomic E-state index is 0.0896. The van der Waals surface area contributed by atoms with Gasteiger partial charge in [0.15, 0.2) is 0 Å². The summed E-state index contributed by atoms with van der Waals surface area (Å²) in [6.45, 7) is 1.04. The average Bonchev–Trinajstić information content (AvgIpc) is 3.30. The Hall–Kier alpha value is -2.59. The number of amides is 1. The number of nitrogens with zero attached hydrogens (tertiary/aromatic N) is 1. The van der Waals surface area contributed by atoms with E-state index in [0.29, 0.717) is 42.2 Å². The Bertz CT molecular complexity index is 1220. The van der Waals surface area contributed by atoms with Crippen LogP contribution in [0.1, 0.15) is 28.1 Å². The number of phenols is 1. The molecular weight excluding hydrogens is 482 g/mol. The molecule has 0 atom stereocenters.